The van der Waals surface area contributed by atoms with Crippen LogP contribution in [0.3, 0.4) is 0 Å². The number of rotatable bonds is 4. The molecule has 1 saturated carbocycles. The SMILES string of the molecule is NNC(Cc1ccc(Cl)cc1Cl)C1CCCC1. The minimum Gasteiger partial charge on any atom is -0.271 e. The van der Waals surface area contributed by atoms with Crippen LogP contribution in [0.4, 0.5) is 0 Å². The lowest BCUT2D eigenvalue weighted by atomic mass is 9.93. The monoisotopic (exact) mass is 272 g/mol. The summed E-state index contributed by atoms with van der Waals surface area (Å²) in [6.45, 7) is 0. The molecular formula is C13H18Cl2N2. The van der Waals surface area contributed by atoms with Crippen LogP contribution in [0.5, 0.6) is 0 Å². The number of hydrazine groups is 1. The highest BCUT2D eigenvalue weighted by molar-refractivity contribution is 6.35. The molecular weight excluding hydrogens is 255 g/mol. The maximum absolute atomic E-state index is 6.18. The molecule has 1 fully saturated rings. The van der Waals surface area contributed by atoms with Crippen molar-refractivity contribution in [2.24, 2.45) is 11.8 Å². The topological polar surface area (TPSA) is 38.0 Å². The third kappa shape index (κ3) is 3.35. The molecule has 4 heteroatoms. The van der Waals surface area contributed by atoms with Crippen molar-refractivity contribution in [3.8, 4) is 0 Å². The second-order valence-corrected chi connectivity index (χ2v) is 5.60. The van der Waals surface area contributed by atoms with E-state index < -0.39 is 0 Å². The molecule has 0 aliphatic heterocycles. The molecule has 0 heterocycles. The van der Waals surface area contributed by atoms with Crippen LogP contribution in [0.1, 0.15) is 31.2 Å². The summed E-state index contributed by atoms with van der Waals surface area (Å²) < 4.78 is 0. The van der Waals surface area contributed by atoms with Crippen LogP contribution < -0.4 is 11.3 Å². The van der Waals surface area contributed by atoms with Gasteiger partial charge in [-0.1, -0.05) is 42.1 Å². The molecule has 0 spiro atoms. The van der Waals surface area contributed by atoms with Crippen LogP contribution in [0.2, 0.25) is 10.0 Å². The molecule has 1 aromatic rings. The number of nitrogens with two attached hydrogens (primary N) is 1. The molecule has 0 amide bonds. The van der Waals surface area contributed by atoms with Gasteiger partial charge in [-0.15, -0.1) is 0 Å². The molecule has 2 rings (SSSR count). The van der Waals surface area contributed by atoms with Gasteiger partial charge in [0.05, 0.1) is 0 Å². The highest BCUT2D eigenvalue weighted by Gasteiger charge is 2.24. The number of halogens is 2. The molecule has 1 unspecified atom stereocenters. The molecule has 1 aliphatic rings. The summed E-state index contributed by atoms with van der Waals surface area (Å²) in [5.41, 5.74) is 4.06. The summed E-state index contributed by atoms with van der Waals surface area (Å²) in [6, 6.07) is 5.98. The van der Waals surface area contributed by atoms with E-state index in [0.29, 0.717) is 17.0 Å². The van der Waals surface area contributed by atoms with E-state index in [2.05, 4.69) is 5.43 Å². The Labute approximate surface area is 112 Å². The van der Waals surface area contributed by atoms with Gasteiger partial charge in [-0.3, -0.25) is 11.3 Å². The average molecular weight is 273 g/mol. The molecule has 94 valence electrons. The van der Waals surface area contributed by atoms with E-state index >= 15 is 0 Å². The fourth-order valence-electron chi connectivity index (χ4n) is 2.65. The summed E-state index contributed by atoms with van der Waals surface area (Å²) in [5, 5.41) is 1.41. The van der Waals surface area contributed by atoms with Crippen molar-refractivity contribution in [3.05, 3.63) is 33.8 Å². The fraction of sp³-hybridized carbons (Fsp3) is 0.538. The van der Waals surface area contributed by atoms with Gasteiger partial charge in [-0.25, -0.2) is 0 Å². The Hall–Kier alpha value is -0.280. The third-order valence-electron chi connectivity index (χ3n) is 3.64. The van der Waals surface area contributed by atoms with Gasteiger partial charge in [0.25, 0.3) is 0 Å². The zero-order valence-electron chi connectivity index (χ0n) is 9.76. The number of hydrogen-bond donors (Lipinski definition) is 2. The van der Waals surface area contributed by atoms with E-state index in [9.17, 15) is 0 Å². The van der Waals surface area contributed by atoms with Crippen LogP contribution in [-0.4, -0.2) is 6.04 Å². The fourth-order valence-corrected chi connectivity index (χ4v) is 3.13. The third-order valence-corrected chi connectivity index (χ3v) is 4.22. The zero-order valence-corrected chi connectivity index (χ0v) is 11.3. The highest BCUT2D eigenvalue weighted by atomic mass is 35.5. The van der Waals surface area contributed by atoms with E-state index in [1.54, 1.807) is 6.07 Å². The van der Waals surface area contributed by atoms with Gasteiger partial charge in [-0.2, -0.15) is 0 Å². The Morgan fingerprint density at radius 1 is 1.29 bits per heavy atom. The van der Waals surface area contributed by atoms with Crippen LogP contribution in [-0.2, 0) is 6.42 Å². The largest absolute Gasteiger partial charge is 0.271 e. The van der Waals surface area contributed by atoms with Gasteiger partial charge < -0.3 is 0 Å². The van der Waals surface area contributed by atoms with Crippen molar-refractivity contribution in [3.63, 3.8) is 0 Å². The van der Waals surface area contributed by atoms with E-state index in [1.807, 2.05) is 12.1 Å². The average Bonchev–Trinajstić information content (AvgIpc) is 2.81. The smallest absolute Gasteiger partial charge is 0.0453 e. The molecule has 1 atom stereocenters. The van der Waals surface area contributed by atoms with Crippen molar-refractivity contribution >= 4 is 23.2 Å². The van der Waals surface area contributed by atoms with E-state index in [0.717, 1.165) is 17.0 Å². The normalized spacial score (nSPS) is 18.5. The van der Waals surface area contributed by atoms with Gasteiger partial charge in [-0.05, 0) is 42.9 Å². The first-order valence-electron chi connectivity index (χ1n) is 6.10. The molecule has 3 N–H and O–H groups in total. The molecule has 2 nitrogen and oxygen atoms in total. The molecule has 0 saturated heterocycles. The summed E-state index contributed by atoms with van der Waals surface area (Å²) >= 11 is 12.1. The lowest BCUT2D eigenvalue weighted by Crippen LogP contribution is -2.41. The first-order chi connectivity index (χ1) is 8.20. The number of nitrogens with one attached hydrogen (secondary N) is 1. The first kappa shape index (κ1) is 13.2. The molecule has 0 aromatic heterocycles. The van der Waals surface area contributed by atoms with Gasteiger partial charge in [0.15, 0.2) is 0 Å². The maximum Gasteiger partial charge on any atom is 0.0453 e. The highest BCUT2D eigenvalue weighted by Crippen LogP contribution is 2.30. The standard InChI is InChI=1S/C13H18Cl2N2/c14-11-6-5-10(12(15)8-11)7-13(17-16)9-3-1-2-4-9/h5-6,8-9,13,17H,1-4,7,16H2. The summed E-state index contributed by atoms with van der Waals surface area (Å²) in [6.07, 6.45) is 6.03. The van der Waals surface area contributed by atoms with Gasteiger partial charge in [0, 0.05) is 16.1 Å². The van der Waals surface area contributed by atoms with Gasteiger partial charge >= 0.3 is 0 Å². The summed E-state index contributed by atoms with van der Waals surface area (Å²) in [4.78, 5) is 0. The van der Waals surface area contributed by atoms with Crippen molar-refractivity contribution in [2.75, 3.05) is 0 Å². The van der Waals surface area contributed by atoms with E-state index in [-0.39, 0.29) is 0 Å². The second kappa shape index (κ2) is 6.05. The van der Waals surface area contributed by atoms with Crippen molar-refractivity contribution in [1.82, 2.24) is 5.43 Å². The predicted molar refractivity (Wildman–Crippen MR) is 73.2 cm³/mol. The van der Waals surface area contributed by atoms with E-state index in [1.165, 1.54) is 25.7 Å². The Balaban J connectivity index is 2.06. The van der Waals surface area contributed by atoms with E-state index in [4.69, 9.17) is 29.0 Å². The van der Waals surface area contributed by atoms with Crippen LogP contribution in [0.15, 0.2) is 18.2 Å². The molecule has 17 heavy (non-hydrogen) atoms. The Bertz CT molecular complexity index is 376. The van der Waals surface area contributed by atoms with Crippen LogP contribution in [0.25, 0.3) is 0 Å². The van der Waals surface area contributed by atoms with Crippen LogP contribution >= 0.6 is 23.2 Å². The maximum atomic E-state index is 6.18. The Kier molecular flexibility index (Phi) is 4.69. The Morgan fingerprint density at radius 3 is 2.59 bits per heavy atom. The molecule has 1 aliphatic carbocycles. The lowest BCUT2D eigenvalue weighted by molar-refractivity contribution is 0.361. The van der Waals surface area contributed by atoms with Gasteiger partial charge in [0.1, 0.15) is 0 Å². The molecule has 0 bridgehead atoms. The van der Waals surface area contributed by atoms with Gasteiger partial charge in [0.2, 0.25) is 0 Å². The first-order valence-corrected chi connectivity index (χ1v) is 6.86. The minimum absolute atomic E-state index is 0.316. The minimum atomic E-state index is 0.316. The Morgan fingerprint density at radius 2 is 2.00 bits per heavy atom. The number of benzene rings is 1. The molecule has 1 aromatic carbocycles. The molecule has 0 radical (unpaired) electrons. The van der Waals surface area contributed by atoms with Crippen LogP contribution in [0, 0.1) is 5.92 Å². The van der Waals surface area contributed by atoms with Crippen molar-refractivity contribution in [2.45, 2.75) is 38.1 Å². The zero-order chi connectivity index (χ0) is 12.3. The predicted octanol–water partition coefficient (Wildman–Crippen LogP) is 3.56. The summed E-state index contributed by atoms with van der Waals surface area (Å²) in [7, 11) is 0. The van der Waals surface area contributed by atoms with Crippen molar-refractivity contribution < 1.29 is 0 Å². The lowest BCUT2D eigenvalue weighted by Gasteiger charge is -2.23. The second-order valence-electron chi connectivity index (χ2n) is 4.76. The summed E-state index contributed by atoms with van der Waals surface area (Å²) in [5.74, 6) is 6.33. The van der Waals surface area contributed by atoms with Crippen molar-refractivity contribution in [1.29, 1.82) is 0 Å². The quantitative estimate of drug-likeness (QED) is 0.650. The number of hydrogen-bond acceptors (Lipinski definition) is 2.